The van der Waals surface area contributed by atoms with Gasteiger partial charge in [-0.05, 0) is 99.2 Å². The lowest BCUT2D eigenvalue weighted by atomic mass is 9.47. The fourth-order valence-corrected chi connectivity index (χ4v) is 13.0. The number of hydrogen-bond acceptors (Lipinski definition) is 9. The fraction of sp³-hybridized carbons (Fsp3) is 0.581. The first-order valence-electron chi connectivity index (χ1n) is 19.7. The number of carbonyl (C=O) groups is 1. The maximum atomic E-state index is 13.6. The Morgan fingerprint density at radius 1 is 1.06 bits per heavy atom. The van der Waals surface area contributed by atoms with E-state index in [-0.39, 0.29) is 18.1 Å². The standard InChI is InChI=1S/C42H55N5O4.CO2/c1-6-39(50)22-26-21-38(4,33-28(13-17-46(23-26)24-39)27-11-8-9-12-31(27)44-33)29-20-30-32(19-25(29)3)45(5)35-41(30)15-18-47-16-10-14-40(7-2,34(41)47)36(48)42(35,51)37(43)49;2-1-3/h8-12,14,19-20,26,34-36,44,48,50-51H,6-7,13,15-18,21-24H2,1-5H3,(H2,43,49);/t26-,34?,35?,36-,38-,39+,40-,41-,42+;/m1./s1. The van der Waals surface area contributed by atoms with Gasteiger partial charge in [-0.15, -0.1) is 0 Å². The third-order valence-corrected chi connectivity index (χ3v) is 15.1. The number of fused-ring (bicyclic) bond motifs is 6. The Labute approximate surface area is 317 Å². The van der Waals surface area contributed by atoms with E-state index in [1.54, 1.807) is 0 Å². The number of para-hydroxylation sites is 1. The van der Waals surface area contributed by atoms with Crippen LogP contribution in [0.3, 0.4) is 0 Å². The number of aromatic nitrogens is 1. The van der Waals surface area contributed by atoms with E-state index in [4.69, 9.17) is 15.3 Å². The number of piperidine rings is 1. The maximum absolute atomic E-state index is 13.6. The highest BCUT2D eigenvalue weighted by Crippen LogP contribution is 2.67. The number of nitrogens with one attached hydrogen (secondary N) is 1. The van der Waals surface area contributed by atoms with Gasteiger partial charge < -0.3 is 30.9 Å². The van der Waals surface area contributed by atoms with Crippen LogP contribution in [0.4, 0.5) is 5.69 Å². The van der Waals surface area contributed by atoms with Crippen LogP contribution in [0, 0.1) is 18.3 Å². The van der Waals surface area contributed by atoms with Gasteiger partial charge >= 0.3 is 6.15 Å². The lowest BCUT2D eigenvalue weighted by Gasteiger charge is -2.63. The van der Waals surface area contributed by atoms with Crippen LogP contribution < -0.4 is 10.6 Å². The van der Waals surface area contributed by atoms with Gasteiger partial charge in [0.05, 0.1) is 11.6 Å². The van der Waals surface area contributed by atoms with E-state index >= 15 is 0 Å². The molecular formula is C43H55N5O6. The number of primary amides is 1. The minimum Gasteiger partial charge on any atom is -0.389 e. The normalized spacial score (nSPS) is 39.2. The highest BCUT2D eigenvalue weighted by Gasteiger charge is 2.78. The van der Waals surface area contributed by atoms with Crippen molar-refractivity contribution in [3.05, 3.63) is 76.5 Å². The number of nitrogens with two attached hydrogens (primary N) is 1. The molecule has 6 N–H and O–H groups in total. The largest absolute Gasteiger partial charge is 0.389 e. The number of benzene rings is 2. The van der Waals surface area contributed by atoms with Crippen LogP contribution in [0.25, 0.3) is 10.9 Å². The smallest absolute Gasteiger partial charge is 0.373 e. The number of hydrogen-bond donors (Lipinski definition) is 5. The number of aliphatic hydroxyl groups excluding tert-OH is 1. The number of aliphatic hydroxyl groups is 3. The second-order valence-electron chi connectivity index (χ2n) is 17.6. The third-order valence-electron chi connectivity index (χ3n) is 15.1. The Kier molecular flexibility index (Phi) is 8.66. The monoisotopic (exact) mass is 737 g/mol. The summed E-state index contributed by atoms with van der Waals surface area (Å²) in [7, 11) is 1.97. The van der Waals surface area contributed by atoms with E-state index in [9.17, 15) is 20.1 Å². The van der Waals surface area contributed by atoms with Gasteiger partial charge in [0.2, 0.25) is 0 Å². The van der Waals surface area contributed by atoms with Crippen molar-refractivity contribution in [1.82, 2.24) is 14.8 Å². The van der Waals surface area contributed by atoms with E-state index in [2.05, 4.69) is 95.9 Å². The van der Waals surface area contributed by atoms with Gasteiger partial charge in [0.15, 0.2) is 5.60 Å². The number of amides is 1. The molecule has 54 heavy (non-hydrogen) atoms. The second kappa shape index (κ2) is 12.6. The predicted molar refractivity (Wildman–Crippen MR) is 205 cm³/mol. The van der Waals surface area contributed by atoms with E-state index in [0.29, 0.717) is 13.0 Å². The van der Waals surface area contributed by atoms with Crippen LogP contribution in [-0.2, 0) is 31.6 Å². The van der Waals surface area contributed by atoms with Gasteiger partial charge in [0.1, 0.15) is 6.10 Å². The summed E-state index contributed by atoms with van der Waals surface area (Å²) in [5.41, 5.74) is 9.73. The first-order chi connectivity index (χ1) is 25.7. The number of aromatic amines is 1. The number of carbonyl (C=O) groups excluding carboxylic acids is 3. The minimum atomic E-state index is -2.16. The molecule has 3 fully saturated rings. The second-order valence-corrected chi connectivity index (χ2v) is 17.6. The molecule has 288 valence electrons. The molecule has 11 nitrogen and oxygen atoms in total. The van der Waals surface area contributed by atoms with Crippen LogP contribution in [0.15, 0.2) is 48.6 Å². The summed E-state index contributed by atoms with van der Waals surface area (Å²) in [4.78, 5) is 40.8. The molecule has 1 aliphatic carbocycles. The van der Waals surface area contributed by atoms with Gasteiger partial charge in [-0.3, -0.25) is 14.6 Å². The van der Waals surface area contributed by atoms with Crippen LogP contribution in [0.1, 0.15) is 80.8 Å². The molecule has 2 bridgehead atoms. The maximum Gasteiger partial charge on any atom is 0.373 e. The van der Waals surface area contributed by atoms with Gasteiger partial charge in [0, 0.05) is 77.8 Å². The van der Waals surface area contributed by atoms with Crippen molar-refractivity contribution in [1.29, 1.82) is 0 Å². The Hall–Kier alpha value is -3.83. The molecule has 2 saturated heterocycles. The summed E-state index contributed by atoms with van der Waals surface area (Å²) in [5, 5.41) is 37.9. The van der Waals surface area contributed by atoms with Crippen LogP contribution in [-0.4, -0.2) is 111 Å². The summed E-state index contributed by atoms with van der Waals surface area (Å²) in [6.45, 7) is 12.9. The summed E-state index contributed by atoms with van der Waals surface area (Å²) in [5.74, 6) is -0.578. The molecule has 1 spiro atoms. The Balaban J connectivity index is 0.00000134. The first kappa shape index (κ1) is 37.1. The lowest BCUT2D eigenvalue weighted by molar-refractivity contribution is -0.201. The predicted octanol–water partition coefficient (Wildman–Crippen LogP) is 3.30. The molecule has 3 aromatic rings. The number of rotatable bonds is 4. The topological polar surface area (TPSA) is 163 Å². The molecule has 3 unspecified atom stereocenters. The Morgan fingerprint density at radius 2 is 1.80 bits per heavy atom. The fourth-order valence-electron chi connectivity index (χ4n) is 13.0. The molecule has 1 aromatic heterocycles. The molecular weight excluding hydrogens is 683 g/mol. The molecule has 5 aliphatic heterocycles. The average molecular weight is 738 g/mol. The van der Waals surface area contributed by atoms with Crippen molar-refractivity contribution in [2.45, 2.75) is 106 Å². The van der Waals surface area contributed by atoms with Gasteiger partial charge in [-0.2, -0.15) is 9.59 Å². The van der Waals surface area contributed by atoms with Crippen molar-refractivity contribution in [2.75, 3.05) is 44.7 Å². The number of H-pyrrole nitrogens is 1. The van der Waals surface area contributed by atoms with Gasteiger partial charge in [-0.25, -0.2) is 0 Å². The van der Waals surface area contributed by atoms with E-state index in [1.165, 1.54) is 22.2 Å². The summed E-state index contributed by atoms with van der Waals surface area (Å²) >= 11 is 0. The van der Waals surface area contributed by atoms with E-state index < -0.39 is 45.5 Å². The summed E-state index contributed by atoms with van der Waals surface area (Å²) < 4.78 is 0. The SMILES string of the molecule is CC[C@]1(O)C[C@@H]2CN(CCc3c([nH]c4ccccc34)[C@@](C)(c3cc4c(cc3C)N(C)C3[C@]45CCN4CC=C[C@](CC)(C45)[C@@H](O)[C@]3(O)C(N)=O)C2)C1.O=C=O. The zero-order valence-corrected chi connectivity index (χ0v) is 32.2. The molecule has 0 radical (unpaired) electrons. The van der Waals surface area contributed by atoms with Crippen molar-refractivity contribution in [3.8, 4) is 0 Å². The number of aryl methyl sites for hydroxylation is 1. The minimum absolute atomic E-state index is 0.109. The van der Waals surface area contributed by atoms with Gasteiger partial charge in [0.25, 0.3) is 5.91 Å². The van der Waals surface area contributed by atoms with E-state index in [1.807, 2.05) is 7.05 Å². The van der Waals surface area contributed by atoms with Crippen molar-refractivity contribution in [3.63, 3.8) is 0 Å². The quantitative estimate of drug-likeness (QED) is 0.253. The number of anilines is 1. The number of likely N-dealkylation sites (N-methyl/N-ethyl adjacent to an activating group) is 1. The van der Waals surface area contributed by atoms with Crippen LogP contribution in [0.5, 0.6) is 0 Å². The first-order valence-corrected chi connectivity index (χ1v) is 19.7. The summed E-state index contributed by atoms with van der Waals surface area (Å²) in [6, 6.07) is 12.5. The Bertz CT molecular complexity index is 2080. The van der Waals surface area contributed by atoms with Crippen molar-refractivity contribution < 1.29 is 29.7 Å². The molecule has 10 atom stereocenters. The molecule has 2 aromatic carbocycles. The number of nitrogens with zero attached hydrogens (tertiary/aromatic N) is 3. The molecule has 11 heteroatoms. The van der Waals surface area contributed by atoms with Crippen molar-refractivity contribution in [2.24, 2.45) is 17.1 Å². The van der Waals surface area contributed by atoms with Crippen LogP contribution in [0.2, 0.25) is 0 Å². The molecule has 6 heterocycles. The van der Waals surface area contributed by atoms with Crippen molar-refractivity contribution >= 4 is 28.6 Å². The van der Waals surface area contributed by atoms with E-state index in [0.717, 1.165) is 80.6 Å². The zero-order chi connectivity index (χ0) is 38.6. The average Bonchev–Trinajstić information content (AvgIpc) is 3.80. The third kappa shape index (κ3) is 4.75. The van der Waals surface area contributed by atoms with Crippen LogP contribution >= 0.6 is 0 Å². The molecule has 1 saturated carbocycles. The Morgan fingerprint density at radius 3 is 2.50 bits per heavy atom. The van der Waals surface area contributed by atoms with Gasteiger partial charge in [-0.1, -0.05) is 50.3 Å². The molecule has 1 amide bonds. The highest BCUT2D eigenvalue weighted by atomic mass is 16.4. The zero-order valence-electron chi connectivity index (χ0n) is 32.2. The molecule has 6 aliphatic rings. The summed E-state index contributed by atoms with van der Waals surface area (Å²) in [6.07, 6.45) is 7.69. The molecule has 9 rings (SSSR count). The lowest BCUT2D eigenvalue weighted by Crippen LogP contribution is -2.81. The highest BCUT2D eigenvalue weighted by molar-refractivity contribution is 5.89.